The van der Waals surface area contributed by atoms with E-state index >= 15 is 0 Å². The Morgan fingerprint density at radius 2 is 2.00 bits per heavy atom. The van der Waals surface area contributed by atoms with E-state index in [4.69, 9.17) is 10.2 Å². The summed E-state index contributed by atoms with van der Waals surface area (Å²) in [6.07, 6.45) is 0.688. The average molecular weight is 254 g/mol. The van der Waals surface area contributed by atoms with Crippen LogP contribution in [0, 0.1) is 0 Å². The molecule has 3 nitrogen and oxygen atoms in total. The van der Waals surface area contributed by atoms with E-state index in [1.54, 1.807) is 11.8 Å². The highest BCUT2D eigenvalue weighted by molar-refractivity contribution is 7.99. The molecule has 94 valence electrons. The first kappa shape index (κ1) is 14.2. The van der Waals surface area contributed by atoms with Crippen LogP contribution >= 0.6 is 11.8 Å². The van der Waals surface area contributed by atoms with Gasteiger partial charge >= 0.3 is 0 Å². The van der Waals surface area contributed by atoms with Gasteiger partial charge in [-0.15, -0.1) is 0 Å². The minimum Gasteiger partial charge on any atom is -0.394 e. The van der Waals surface area contributed by atoms with E-state index in [0.717, 1.165) is 17.7 Å². The summed E-state index contributed by atoms with van der Waals surface area (Å²) < 4.78 is 0. The van der Waals surface area contributed by atoms with E-state index in [1.807, 2.05) is 30.3 Å². The molecule has 0 heterocycles. The molecule has 0 radical (unpaired) electrons. The van der Waals surface area contributed by atoms with Crippen LogP contribution in [0.2, 0.25) is 0 Å². The SMILES string of the molecule is O=C(CCCSCC(O)CO)c1ccccc1. The normalized spacial score (nSPS) is 12.4. The Kier molecular flexibility index (Phi) is 6.93. The smallest absolute Gasteiger partial charge is 0.162 e. The van der Waals surface area contributed by atoms with Crippen LogP contribution in [0.15, 0.2) is 30.3 Å². The second kappa shape index (κ2) is 8.28. The van der Waals surface area contributed by atoms with E-state index < -0.39 is 6.10 Å². The fourth-order valence-electron chi connectivity index (χ4n) is 1.38. The summed E-state index contributed by atoms with van der Waals surface area (Å²) in [6.45, 7) is -0.198. The highest BCUT2D eigenvalue weighted by Gasteiger charge is 2.05. The van der Waals surface area contributed by atoms with Gasteiger partial charge in [0.05, 0.1) is 12.7 Å². The molecule has 0 aliphatic carbocycles. The van der Waals surface area contributed by atoms with Gasteiger partial charge in [0.25, 0.3) is 0 Å². The second-order valence-electron chi connectivity index (χ2n) is 3.80. The largest absolute Gasteiger partial charge is 0.394 e. The van der Waals surface area contributed by atoms with Crippen LogP contribution in [0.4, 0.5) is 0 Å². The van der Waals surface area contributed by atoms with Gasteiger partial charge in [-0.25, -0.2) is 0 Å². The number of Topliss-reactive ketones (excluding diaryl/α,β-unsaturated/α-hetero) is 1. The Bertz CT molecular complexity index is 327. The van der Waals surface area contributed by atoms with Crippen LogP contribution in [0.3, 0.4) is 0 Å². The number of carbonyl (C=O) groups excluding carboxylic acids is 1. The fourth-order valence-corrected chi connectivity index (χ4v) is 2.27. The number of aliphatic hydroxyl groups is 2. The zero-order valence-electron chi connectivity index (χ0n) is 9.71. The Hall–Kier alpha value is -0.840. The van der Waals surface area contributed by atoms with Gasteiger partial charge in [-0.05, 0) is 12.2 Å². The molecule has 1 unspecified atom stereocenters. The molecule has 0 saturated heterocycles. The molecule has 4 heteroatoms. The number of hydrogen-bond donors (Lipinski definition) is 2. The van der Waals surface area contributed by atoms with Crippen molar-refractivity contribution >= 4 is 17.5 Å². The number of thioether (sulfide) groups is 1. The van der Waals surface area contributed by atoms with E-state index in [-0.39, 0.29) is 12.4 Å². The van der Waals surface area contributed by atoms with E-state index in [9.17, 15) is 4.79 Å². The van der Waals surface area contributed by atoms with Crippen LogP contribution in [0.25, 0.3) is 0 Å². The van der Waals surface area contributed by atoms with Crippen LogP contribution < -0.4 is 0 Å². The molecule has 2 N–H and O–H groups in total. The van der Waals surface area contributed by atoms with Gasteiger partial charge in [-0.2, -0.15) is 11.8 Å². The number of rotatable bonds is 8. The van der Waals surface area contributed by atoms with Crippen LogP contribution in [0.5, 0.6) is 0 Å². The Morgan fingerprint density at radius 3 is 2.65 bits per heavy atom. The van der Waals surface area contributed by atoms with Crippen molar-refractivity contribution in [3.05, 3.63) is 35.9 Å². The molecule has 1 rings (SSSR count). The first-order chi connectivity index (χ1) is 8.24. The zero-order chi connectivity index (χ0) is 12.5. The van der Waals surface area contributed by atoms with Crippen LogP contribution in [-0.4, -0.2) is 40.2 Å². The minimum atomic E-state index is -0.648. The monoisotopic (exact) mass is 254 g/mol. The summed E-state index contributed by atoms with van der Waals surface area (Å²) in [5.41, 5.74) is 0.757. The average Bonchev–Trinajstić information content (AvgIpc) is 2.38. The highest BCUT2D eigenvalue weighted by atomic mass is 32.2. The predicted octanol–water partition coefficient (Wildman–Crippen LogP) is 1.74. The number of carbonyl (C=O) groups is 1. The van der Waals surface area contributed by atoms with Crippen molar-refractivity contribution in [2.24, 2.45) is 0 Å². The van der Waals surface area contributed by atoms with Gasteiger partial charge in [0.15, 0.2) is 5.78 Å². The van der Waals surface area contributed by atoms with Gasteiger partial charge < -0.3 is 10.2 Å². The Morgan fingerprint density at radius 1 is 1.29 bits per heavy atom. The Balaban J connectivity index is 2.13. The first-order valence-corrected chi connectivity index (χ1v) is 6.84. The summed E-state index contributed by atoms with van der Waals surface area (Å²) >= 11 is 1.56. The maximum atomic E-state index is 11.7. The number of benzene rings is 1. The van der Waals surface area contributed by atoms with E-state index in [1.165, 1.54) is 0 Å². The lowest BCUT2D eigenvalue weighted by Crippen LogP contribution is -2.15. The summed E-state index contributed by atoms with van der Waals surface area (Å²) in [5, 5.41) is 17.7. The predicted molar refractivity (Wildman–Crippen MR) is 70.4 cm³/mol. The quantitative estimate of drug-likeness (QED) is 0.548. The molecular weight excluding hydrogens is 236 g/mol. The Labute approximate surface area is 106 Å². The summed E-state index contributed by atoms with van der Waals surface area (Å²) in [4.78, 5) is 11.7. The molecule has 1 aromatic carbocycles. The molecule has 0 fully saturated rings. The standard InChI is InChI=1S/C13H18O3S/c14-9-12(15)10-17-8-4-7-13(16)11-5-2-1-3-6-11/h1-3,5-6,12,14-15H,4,7-10H2. The molecule has 0 amide bonds. The fraction of sp³-hybridized carbons (Fsp3) is 0.462. The van der Waals surface area contributed by atoms with Crippen molar-refractivity contribution in [3.8, 4) is 0 Å². The third kappa shape index (κ3) is 5.86. The lowest BCUT2D eigenvalue weighted by atomic mass is 10.1. The molecule has 1 aromatic rings. The summed E-state index contributed by atoms with van der Waals surface area (Å²) in [5.74, 6) is 1.51. The number of hydrogen-bond acceptors (Lipinski definition) is 4. The van der Waals surface area contributed by atoms with Gasteiger partial charge in [-0.1, -0.05) is 30.3 Å². The molecule has 0 spiro atoms. The third-order valence-corrected chi connectivity index (χ3v) is 3.51. The van der Waals surface area contributed by atoms with Crippen molar-refractivity contribution in [1.82, 2.24) is 0 Å². The third-order valence-electron chi connectivity index (χ3n) is 2.31. The molecule has 17 heavy (non-hydrogen) atoms. The van der Waals surface area contributed by atoms with Crippen molar-refractivity contribution < 1.29 is 15.0 Å². The molecule has 0 aromatic heterocycles. The van der Waals surface area contributed by atoms with E-state index in [0.29, 0.717) is 12.2 Å². The molecular formula is C13H18O3S. The summed E-state index contributed by atoms with van der Waals surface area (Å²) in [6, 6.07) is 9.26. The van der Waals surface area contributed by atoms with Crippen LogP contribution in [-0.2, 0) is 0 Å². The van der Waals surface area contributed by atoms with Crippen LogP contribution in [0.1, 0.15) is 23.2 Å². The zero-order valence-corrected chi connectivity index (χ0v) is 10.5. The van der Waals surface area contributed by atoms with Gasteiger partial charge in [0, 0.05) is 17.7 Å². The first-order valence-electron chi connectivity index (χ1n) is 5.69. The van der Waals surface area contributed by atoms with Gasteiger partial charge in [-0.3, -0.25) is 4.79 Å². The molecule has 0 saturated carbocycles. The maximum absolute atomic E-state index is 11.7. The molecule has 0 aliphatic heterocycles. The van der Waals surface area contributed by atoms with Crippen molar-refractivity contribution in [3.63, 3.8) is 0 Å². The lowest BCUT2D eigenvalue weighted by molar-refractivity contribution is 0.0982. The summed E-state index contributed by atoms with van der Waals surface area (Å²) in [7, 11) is 0. The lowest BCUT2D eigenvalue weighted by Gasteiger charge is -2.06. The highest BCUT2D eigenvalue weighted by Crippen LogP contribution is 2.10. The van der Waals surface area contributed by atoms with Gasteiger partial charge in [0.2, 0.25) is 0 Å². The number of ketones is 1. The van der Waals surface area contributed by atoms with Crippen molar-refractivity contribution in [2.45, 2.75) is 18.9 Å². The molecule has 1 atom stereocenters. The minimum absolute atomic E-state index is 0.161. The van der Waals surface area contributed by atoms with E-state index in [2.05, 4.69) is 0 Å². The molecule has 0 aliphatic rings. The van der Waals surface area contributed by atoms with Gasteiger partial charge in [0.1, 0.15) is 0 Å². The molecule has 0 bridgehead atoms. The topological polar surface area (TPSA) is 57.5 Å². The second-order valence-corrected chi connectivity index (χ2v) is 4.95. The van der Waals surface area contributed by atoms with Crippen molar-refractivity contribution in [1.29, 1.82) is 0 Å². The van der Waals surface area contributed by atoms with Crippen molar-refractivity contribution in [2.75, 3.05) is 18.1 Å². The maximum Gasteiger partial charge on any atom is 0.162 e. The number of aliphatic hydroxyl groups excluding tert-OH is 2.